The SMILES string of the molecule is COC(=O)[C@@](NC(=O)Nc1ccc(OC(F)(F)F)cc1)(Nc1cc(Cl)ccc1OC)C(F)(F)F. The summed E-state index contributed by atoms with van der Waals surface area (Å²) >= 11 is 5.82. The summed E-state index contributed by atoms with van der Waals surface area (Å²) in [5, 5.41) is 5.29. The van der Waals surface area contributed by atoms with Crippen LogP contribution < -0.4 is 25.4 Å². The Labute approximate surface area is 193 Å². The summed E-state index contributed by atoms with van der Waals surface area (Å²) in [4.78, 5) is 24.7. The van der Waals surface area contributed by atoms with Crippen molar-refractivity contribution in [2.45, 2.75) is 18.2 Å². The molecule has 0 saturated carbocycles. The third-order valence-corrected chi connectivity index (χ3v) is 4.28. The molecule has 0 radical (unpaired) electrons. The lowest BCUT2D eigenvalue weighted by molar-refractivity contribution is -0.274. The largest absolute Gasteiger partial charge is 0.573 e. The van der Waals surface area contributed by atoms with Gasteiger partial charge in [0.2, 0.25) is 0 Å². The predicted octanol–water partition coefficient (Wildman–Crippen LogP) is 4.91. The van der Waals surface area contributed by atoms with Crippen molar-refractivity contribution in [1.82, 2.24) is 5.32 Å². The number of hydrogen-bond acceptors (Lipinski definition) is 6. The van der Waals surface area contributed by atoms with E-state index in [1.54, 1.807) is 0 Å². The van der Waals surface area contributed by atoms with Crippen molar-refractivity contribution in [1.29, 1.82) is 0 Å². The summed E-state index contributed by atoms with van der Waals surface area (Å²) in [5.74, 6) is -2.72. The number of ether oxygens (including phenoxy) is 3. The topological polar surface area (TPSA) is 97.9 Å². The molecule has 2 aromatic carbocycles. The van der Waals surface area contributed by atoms with E-state index >= 15 is 0 Å². The second kappa shape index (κ2) is 10.2. The first kappa shape index (κ1) is 26.7. The molecule has 2 rings (SSSR count). The van der Waals surface area contributed by atoms with Gasteiger partial charge in [0.15, 0.2) is 0 Å². The van der Waals surface area contributed by atoms with Crippen LogP contribution >= 0.6 is 11.6 Å². The molecule has 34 heavy (non-hydrogen) atoms. The van der Waals surface area contributed by atoms with Crippen molar-refractivity contribution in [3.63, 3.8) is 0 Å². The molecule has 3 N–H and O–H groups in total. The van der Waals surface area contributed by atoms with E-state index < -0.39 is 41.6 Å². The second-order valence-corrected chi connectivity index (χ2v) is 6.80. The Morgan fingerprint density at radius 2 is 1.56 bits per heavy atom. The lowest BCUT2D eigenvalue weighted by Crippen LogP contribution is -2.69. The molecule has 0 heterocycles. The number of rotatable bonds is 7. The van der Waals surface area contributed by atoms with Crippen LogP contribution in [0.3, 0.4) is 0 Å². The van der Waals surface area contributed by atoms with Gasteiger partial charge in [-0.2, -0.15) is 13.2 Å². The number of esters is 1. The lowest BCUT2D eigenvalue weighted by atomic mass is 10.1. The number of methoxy groups -OCH3 is 2. The van der Waals surface area contributed by atoms with E-state index in [-0.39, 0.29) is 16.5 Å². The van der Waals surface area contributed by atoms with E-state index in [1.807, 2.05) is 10.6 Å². The molecule has 0 fully saturated rings. The third-order valence-electron chi connectivity index (χ3n) is 4.05. The highest BCUT2D eigenvalue weighted by molar-refractivity contribution is 6.31. The molecular weight excluding hydrogens is 500 g/mol. The summed E-state index contributed by atoms with van der Waals surface area (Å²) in [6.07, 6.45) is -10.4. The molecule has 0 aromatic heterocycles. The quantitative estimate of drug-likeness (QED) is 0.275. The fourth-order valence-corrected chi connectivity index (χ4v) is 2.77. The van der Waals surface area contributed by atoms with E-state index in [9.17, 15) is 35.9 Å². The summed E-state index contributed by atoms with van der Waals surface area (Å²) in [6, 6.07) is 5.48. The Balaban J connectivity index is 2.36. The van der Waals surface area contributed by atoms with E-state index in [0.717, 1.165) is 37.4 Å². The van der Waals surface area contributed by atoms with Gasteiger partial charge in [-0.1, -0.05) is 11.6 Å². The second-order valence-electron chi connectivity index (χ2n) is 6.36. The summed E-state index contributed by atoms with van der Waals surface area (Å²) < 4.78 is 92.0. The van der Waals surface area contributed by atoms with Crippen LogP contribution in [0.25, 0.3) is 0 Å². The van der Waals surface area contributed by atoms with Crippen LogP contribution in [0, 0.1) is 0 Å². The number of carbonyl (C=O) groups excluding carboxylic acids is 2. The first-order chi connectivity index (χ1) is 15.7. The molecular formula is C19H16ClF6N3O5. The average Bonchev–Trinajstić information content (AvgIpc) is 2.72. The minimum Gasteiger partial charge on any atom is -0.495 e. The van der Waals surface area contributed by atoms with Gasteiger partial charge in [-0.3, -0.25) is 5.32 Å². The molecule has 1 atom stereocenters. The highest BCUT2D eigenvalue weighted by Gasteiger charge is 2.64. The van der Waals surface area contributed by atoms with Crippen molar-refractivity contribution in [3.8, 4) is 11.5 Å². The summed E-state index contributed by atoms with van der Waals surface area (Å²) in [6.45, 7) is 0. The Bertz CT molecular complexity index is 1030. The van der Waals surface area contributed by atoms with Gasteiger partial charge in [0, 0.05) is 10.7 Å². The lowest BCUT2D eigenvalue weighted by Gasteiger charge is -2.35. The van der Waals surface area contributed by atoms with E-state index in [0.29, 0.717) is 7.11 Å². The van der Waals surface area contributed by atoms with Gasteiger partial charge < -0.3 is 24.8 Å². The number of amides is 2. The Morgan fingerprint density at radius 3 is 2.06 bits per heavy atom. The highest BCUT2D eigenvalue weighted by Crippen LogP contribution is 2.37. The van der Waals surface area contributed by atoms with Crippen LogP contribution in [-0.2, 0) is 9.53 Å². The van der Waals surface area contributed by atoms with Gasteiger partial charge in [0.1, 0.15) is 11.5 Å². The Hall–Kier alpha value is -3.55. The van der Waals surface area contributed by atoms with Crippen LogP contribution in [0.2, 0.25) is 5.02 Å². The van der Waals surface area contributed by atoms with Gasteiger partial charge in [-0.15, -0.1) is 13.2 Å². The van der Waals surface area contributed by atoms with Crippen LogP contribution in [0.4, 0.5) is 42.5 Å². The van der Waals surface area contributed by atoms with Crippen molar-refractivity contribution >= 4 is 35.0 Å². The van der Waals surface area contributed by atoms with Gasteiger partial charge in [0.05, 0.1) is 19.9 Å². The number of anilines is 2. The highest BCUT2D eigenvalue weighted by atomic mass is 35.5. The van der Waals surface area contributed by atoms with Crippen molar-refractivity contribution in [2.24, 2.45) is 0 Å². The molecule has 186 valence electrons. The monoisotopic (exact) mass is 515 g/mol. The molecule has 0 aliphatic heterocycles. The number of alkyl halides is 6. The standard InChI is InChI=1S/C19H16ClF6N3O5/c1-32-14-8-3-10(20)9-13(14)28-17(15(30)33-2,18(21,22)23)29-16(31)27-11-4-6-12(7-5-11)34-19(24,25)26/h3-9,28H,1-2H3,(H2,27,29,31)/t17-/m0/s1. The molecule has 15 heteroatoms. The maximum Gasteiger partial charge on any atom is 0.573 e. The van der Waals surface area contributed by atoms with Gasteiger partial charge in [-0.25, -0.2) is 9.59 Å². The zero-order valence-electron chi connectivity index (χ0n) is 17.2. The zero-order chi connectivity index (χ0) is 25.7. The molecule has 0 aliphatic carbocycles. The minimum atomic E-state index is -5.46. The van der Waals surface area contributed by atoms with Gasteiger partial charge >= 0.3 is 30.2 Å². The maximum atomic E-state index is 14.1. The van der Waals surface area contributed by atoms with Crippen LogP contribution in [-0.4, -0.2) is 44.4 Å². The normalized spacial score (nSPS) is 13.3. The zero-order valence-corrected chi connectivity index (χ0v) is 18.0. The number of benzene rings is 2. The fourth-order valence-electron chi connectivity index (χ4n) is 2.60. The number of halogens is 7. The number of nitrogens with one attached hydrogen (secondary N) is 3. The predicted molar refractivity (Wildman–Crippen MR) is 108 cm³/mol. The summed E-state index contributed by atoms with van der Waals surface area (Å²) in [7, 11) is 1.81. The van der Waals surface area contributed by atoms with Gasteiger partial charge in [0.25, 0.3) is 0 Å². The first-order valence-electron chi connectivity index (χ1n) is 8.92. The van der Waals surface area contributed by atoms with Crippen molar-refractivity contribution < 1.29 is 50.1 Å². The molecule has 0 unspecified atom stereocenters. The molecule has 8 nitrogen and oxygen atoms in total. The van der Waals surface area contributed by atoms with Crippen LogP contribution in [0.5, 0.6) is 11.5 Å². The molecule has 2 amide bonds. The van der Waals surface area contributed by atoms with E-state index in [4.69, 9.17) is 16.3 Å². The number of hydrogen-bond donors (Lipinski definition) is 3. The van der Waals surface area contributed by atoms with Crippen LogP contribution in [0.1, 0.15) is 0 Å². The molecule has 0 spiro atoms. The van der Waals surface area contributed by atoms with E-state index in [2.05, 4.69) is 9.47 Å². The van der Waals surface area contributed by atoms with Crippen molar-refractivity contribution in [2.75, 3.05) is 24.9 Å². The molecule has 0 saturated heterocycles. The first-order valence-corrected chi connectivity index (χ1v) is 9.30. The maximum absolute atomic E-state index is 14.1. The third kappa shape index (κ3) is 6.50. The molecule has 2 aromatic rings. The Morgan fingerprint density at radius 1 is 0.941 bits per heavy atom. The van der Waals surface area contributed by atoms with Crippen LogP contribution in [0.15, 0.2) is 42.5 Å². The fraction of sp³-hybridized carbons (Fsp3) is 0.263. The number of urea groups is 1. The average molecular weight is 516 g/mol. The van der Waals surface area contributed by atoms with E-state index in [1.165, 1.54) is 17.4 Å². The molecule has 0 bridgehead atoms. The molecule has 0 aliphatic rings. The smallest absolute Gasteiger partial charge is 0.495 e. The Kier molecular flexibility index (Phi) is 7.97. The summed E-state index contributed by atoms with van der Waals surface area (Å²) in [5.41, 5.74) is -4.44. The van der Waals surface area contributed by atoms with Gasteiger partial charge in [-0.05, 0) is 42.5 Å². The number of carbonyl (C=O) groups is 2. The van der Waals surface area contributed by atoms with Crippen molar-refractivity contribution in [3.05, 3.63) is 47.5 Å². The minimum absolute atomic E-state index is 0.0187.